The number of piperidine rings is 1. The van der Waals surface area contributed by atoms with Crippen LogP contribution in [0.3, 0.4) is 0 Å². The molecular weight excluding hydrogens is 478 g/mol. The maximum Gasteiger partial charge on any atom is 0.380 e. The molecule has 0 bridgehead atoms. The summed E-state index contributed by atoms with van der Waals surface area (Å²) in [5, 5.41) is 1.31. The van der Waals surface area contributed by atoms with Gasteiger partial charge in [-0.2, -0.15) is 0 Å². The van der Waals surface area contributed by atoms with E-state index in [0.29, 0.717) is 34.3 Å². The molecule has 7 heteroatoms. The van der Waals surface area contributed by atoms with Crippen LogP contribution in [-0.2, 0) is 0 Å². The van der Waals surface area contributed by atoms with Gasteiger partial charge in [0.05, 0.1) is 7.11 Å². The van der Waals surface area contributed by atoms with E-state index in [1.54, 1.807) is 37.4 Å². The van der Waals surface area contributed by atoms with E-state index < -0.39 is 5.63 Å². The van der Waals surface area contributed by atoms with Gasteiger partial charge in [0.2, 0.25) is 5.75 Å². The number of nitrogens with zero attached hydrogens (tertiary/aromatic N) is 1. The molecule has 0 aliphatic carbocycles. The number of rotatable bonds is 8. The Morgan fingerprint density at radius 3 is 2.31 bits per heavy atom. The molecule has 4 aromatic rings. The van der Waals surface area contributed by atoms with Crippen LogP contribution in [0.2, 0.25) is 5.02 Å². The highest BCUT2D eigenvalue weighted by molar-refractivity contribution is 6.30. The van der Waals surface area contributed by atoms with E-state index in [1.165, 1.54) is 19.3 Å². The summed E-state index contributed by atoms with van der Waals surface area (Å²) in [5.41, 5.74) is 1.28. The lowest BCUT2D eigenvalue weighted by Gasteiger charge is -2.26. The molecule has 1 aliphatic rings. The summed E-state index contributed by atoms with van der Waals surface area (Å²) < 4.78 is 23.0. The smallest absolute Gasteiger partial charge is 0.380 e. The van der Waals surface area contributed by atoms with Crippen molar-refractivity contribution in [3.05, 3.63) is 82.2 Å². The van der Waals surface area contributed by atoms with Gasteiger partial charge in [-0.15, -0.1) is 0 Å². The first-order chi connectivity index (χ1) is 17.6. The van der Waals surface area contributed by atoms with E-state index in [1.807, 2.05) is 36.4 Å². The van der Waals surface area contributed by atoms with E-state index in [-0.39, 0.29) is 5.75 Å². The van der Waals surface area contributed by atoms with Crippen molar-refractivity contribution >= 4 is 22.6 Å². The van der Waals surface area contributed by atoms with E-state index in [2.05, 4.69) is 4.90 Å². The third kappa shape index (κ3) is 5.50. The Balaban J connectivity index is 1.46. The maximum atomic E-state index is 13.1. The molecule has 0 unspecified atom stereocenters. The van der Waals surface area contributed by atoms with Crippen molar-refractivity contribution < 1.29 is 18.6 Å². The Kier molecular flexibility index (Phi) is 7.44. The third-order valence-corrected chi connectivity index (χ3v) is 6.63. The van der Waals surface area contributed by atoms with Crippen LogP contribution >= 0.6 is 11.6 Å². The Labute approximate surface area is 215 Å². The average Bonchev–Trinajstić information content (AvgIpc) is 2.91. The summed E-state index contributed by atoms with van der Waals surface area (Å²) in [4.78, 5) is 15.5. The van der Waals surface area contributed by atoms with Crippen LogP contribution in [0.1, 0.15) is 19.3 Å². The van der Waals surface area contributed by atoms with Crippen LogP contribution in [0, 0.1) is 0 Å². The fourth-order valence-corrected chi connectivity index (χ4v) is 4.61. The Morgan fingerprint density at radius 2 is 1.58 bits per heavy atom. The van der Waals surface area contributed by atoms with E-state index in [0.717, 1.165) is 36.3 Å². The number of benzene rings is 3. The third-order valence-electron chi connectivity index (χ3n) is 6.37. The van der Waals surface area contributed by atoms with Gasteiger partial charge in [0.15, 0.2) is 0 Å². The van der Waals surface area contributed by atoms with Gasteiger partial charge in [-0.05, 0) is 80.0 Å². The molecule has 0 saturated carbocycles. The molecule has 0 N–H and O–H groups in total. The summed E-state index contributed by atoms with van der Waals surface area (Å²) >= 11 is 6.01. The molecule has 3 aromatic carbocycles. The standard InChI is InChI=1S/C29H28ClNO5/c1-33-24-13-14-25-26(19-24)36-29(32)28(35-23-11-7-21(30)8-12-23)27(25)20-5-9-22(10-6-20)34-18-17-31-15-3-2-4-16-31/h5-14,19H,2-4,15-18H2,1H3. The number of halogens is 1. The molecule has 6 nitrogen and oxygen atoms in total. The quantitative estimate of drug-likeness (QED) is 0.246. The zero-order chi connectivity index (χ0) is 24.9. The molecule has 36 heavy (non-hydrogen) atoms. The van der Waals surface area contributed by atoms with Gasteiger partial charge in [0, 0.05) is 28.6 Å². The molecule has 5 rings (SSSR count). The van der Waals surface area contributed by atoms with Crippen molar-refractivity contribution in [3.63, 3.8) is 0 Å². The van der Waals surface area contributed by atoms with E-state index in [4.69, 9.17) is 30.2 Å². The Bertz CT molecular complexity index is 1380. The van der Waals surface area contributed by atoms with Gasteiger partial charge in [-0.1, -0.05) is 30.2 Å². The molecule has 0 radical (unpaired) electrons. The second-order valence-electron chi connectivity index (χ2n) is 8.79. The van der Waals surface area contributed by atoms with Crippen LogP contribution < -0.4 is 19.8 Å². The number of fused-ring (bicyclic) bond motifs is 1. The highest BCUT2D eigenvalue weighted by Gasteiger charge is 2.20. The zero-order valence-electron chi connectivity index (χ0n) is 20.2. The van der Waals surface area contributed by atoms with Crippen molar-refractivity contribution in [2.45, 2.75) is 19.3 Å². The van der Waals surface area contributed by atoms with E-state index >= 15 is 0 Å². The molecule has 0 spiro atoms. The minimum atomic E-state index is -0.581. The van der Waals surface area contributed by atoms with Gasteiger partial charge in [-0.3, -0.25) is 4.90 Å². The highest BCUT2D eigenvalue weighted by atomic mass is 35.5. The minimum absolute atomic E-state index is 0.105. The zero-order valence-corrected chi connectivity index (χ0v) is 20.9. The van der Waals surface area contributed by atoms with Crippen LogP contribution in [0.25, 0.3) is 22.1 Å². The fourth-order valence-electron chi connectivity index (χ4n) is 4.48. The maximum absolute atomic E-state index is 13.1. The number of methoxy groups -OCH3 is 1. The first-order valence-electron chi connectivity index (χ1n) is 12.1. The van der Waals surface area contributed by atoms with Gasteiger partial charge >= 0.3 is 5.63 Å². The summed E-state index contributed by atoms with van der Waals surface area (Å²) in [7, 11) is 1.57. The monoisotopic (exact) mass is 505 g/mol. The predicted molar refractivity (Wildman–Crippen MR) is 142 cm³/mol. The average molecular weight is 506 g/mol. The molecule has 1 saturated heterocycles. The fraction of sp³-hybridized carbons (Fsp3) is 0.276. The molecular formula is C29H28ClNO5. The second kappa shape index (κ2) is 11.1. The molecule has 186 valence electrons. The van der Waals surface area contributed by atoms with Crippen molar-refractivity contribution in [1.29, 1.82) is 0 Å². The van der Waals surface area contributed by atoms with Crippen LogP contribution in [0.5, 0.6) is 23.0 Å². The predicted octanol–water partition coefficient (Wildman–Crippen LogP) is 6.78. The summed E-state index contributed by atoms with van der Waals surface area (Å²) in [6.45, 7) is 3.86. The normalized spacial score (nSPS) is 14.1. The number of ether oxygens (including phenoxy) is 3. The van der Waals surface area contributed by atoms with E-state index in [9.17, 15) is 4.79 Å². The first-order valence-corrected chi connectivity index (χ1v) is 12.5. The van der Waals surface area contributed by atoms with Crippen molar-refractivity contribution in [2.24, 2.45) is 0 Å². The Morgan fingerprint density at radius 1 is 0.889 bits per heavy atom. The summed E-state index contributed by atoms with van der Waals surface area (Å²) in [6, 6.07) is 19.9. The Hall–Kier alpha value is -3.48. The van der Waals surface area contributed by atoms with Crippen molar-refractivity contribution in [1.82, 2.24) is 4.90 Å². The first kappa shape index (κ1) is 24.2. The van der Waals surface area contributed by atoms with Crippen LogP contribution in [-0.4, -0.2) is 38.3 Å². The summed E-state index contributed by atoms with van der Waals surface area (Å²) in [5.74, 6) is 1.97. The van der Waals surface area contributed by atoms with Gasteiger partial charge in [0.1, 0.15) is 29.4 Å². The molecule has 1 aliphatic heterocycles. The van der Waals surface area contributed by atoms with Gasteiger partial charge in [-0.25, -0.2) is 4.79 Å². The highest BCUT2D eigenvalue weighted by Crippen LogP contribution is 2.38. The molecule has 0 atom stereocenters. The number of hydrogen-bond donors (Lipinski definition) is 0. The lowest BCUT2D eigenvalue weighted by molar-refractivity contribution is 0.183. The van der Waals surface area contributed by atoms with Gasteiger partial charge in [0.25, 0.3) is 0 Å². The van der Waals surface area contributed by atoms with Crippen LogP contribution in [0.4, 0.5) is 0 Å². The SMILES string of the molecule is COc1ccc2c(-c3ccc(OCCN4CCCCC4)cc3)c(Oc3ccc(Cl)cc3)c(=O)oc2c1. The largest absolute Gasteiger partial charge is 0.497 e. The van der Waals surface area contributed by atoms with Gasteiger partial charge < -0.3 is 18.6 Å². The lowest BCUT2D eigenvalue weighted by Crippen LogP contribution is -2.33. The van der Waals surface area contributed by atoms with Crippen molar-refractivity contribution in [3.8, 4) is 34.1 Å². The molecule has 1 fully saturated rings. The lowest BCUT2D eigenvalue weighted by atomic mass is 10.0. The number of likely N-dealkylation sites (tertiary alicyclic amines) is 1. The second-order valence-corrected chi connectivity index (χ2v) is 9.22. The molecule has 1 aromatic heterocycles. The van der Waals surface area contributed by atoms with Crippen LogP contribution in [0.15, 0.2) is 75.9 Å². The minimum Gasteiger partial charge on any atom is -0.497 e. The van der Waals surface area contributed by atoms with Crippen molar-refractivity contribution in [2.75, 3.05) is 33.4 Å². The summed E-state index contributed by atoms with van der Waals surface area (Å²) in [6.07, 6.45) is 3.85. The molecule has 0 amide bonds. The molecule has 2 heterocycles. The topological polar surface area (TPSA) is 61.1 Å². The number of hydrogen-bond acceptors (Lipinski definition) is 6.